The van der Waals surface area contributed by atoms with E-state index in [9.17, 15) is 14.4 Å². The van der Waals surface area contributed by atoms with E-state index < -0.39 is 12.1 Å². The van der Waals surface area contributed by atoms with Gasteiger partial charge in [-0.05, 0) is 42.5 Å². The largest absolute Gasteiger partial charge is 0.482 e. The molecule has 0 aliphatic carbocycles. The fourth-order valence-corrected chi connectivity index (χ4v) is 3.35. The highest BCUT2D eigenvalue weighted by molar-refractivity contribution is 6.01. The SMILES string of the molecule is Cc1ccc2c(c1)N(CC(=O)O[C@@H](CC(C)C)C(=O)NCc1ccccc1)C(=O)CO2. The Morgan fingerprint density at radius 1 is 1.16 bits per heavy atom. The van der Waals surface area contributed by atoms with Gasteiger partial charge < -0.3 is 14.8 Å². The molecule has 0 fully saturated rings. The molecule has 31 heavy (non-hydrogen) atoms. The number of benzene rings is 2. The third-order valence-corrected chi connectivity index (χ3v) is 4.91. The topological polar surface area (TPSA) is 84.9 Å². The smallest absolute Gasteiger partial charge is 0.326 e. The van der Waals surface area contributed by atoms with Crippen molar-refractivity contribution in [2.45, 2.75) is 39.8 Å². The summed E-state index contributed by atoms with van der Waals surface area (Å²) in [6.45, 7) is 5.73. The highest BCUT2D eigenvalue weighted by Crippen LogP contribution is 2.32. The number of nitrogens with one attached hydrogen (secondary N) is 1. The van der Waals surface area contributed by atoms with Gasteiger partial charge in [0.1, 0.15) is 12.3 Å². The van der Waals surface area contributed by atoms with Crippen molar-refractivity contribution < 1.29 is 23.9 Å². The molecule has 7 nitrogen and oxygen atoms in total. The standard InChI is InChI=1S/C24H28N2O5/c1-16(2)11-21(24(29)25-13-18-7-5-4-6-8-18)31-23(28)14-26-19-12-17(3)9-10-20(19)30-15-22(26)27/h4-10,12,16,21H,11,13-15H2,1-3H3,(H,25,29)/t21-/m0/s1. The van der Waals surface area contributed by atoms with Crippen molar-refractivity contribution >= 4 is 23.5 Å². The summed E-state index contributed by atoms with van der Waals surface area (Å²) < 4.78 is 11.0. The molecule has 0 radical (unpaired) electrons. The minimum absolute atomic E-state index is 0.143. The minimum Gasteiger partial charge on any atom is -0.482 e. The molecule has 1 N–H and O–H groups in total. The predicted octanol–water partition coefficient (Wildman–Crippen LogP) is 2.99. The Morgan fingerprint density at radius 3 is 2.61 bits per heavy atom. The number of amides is 2. The summed E-state index contributed by atoms with van der Waals surface area (Å²) in [5.41, 5.74) is 2.42. The van der Waals surface area contributed by atoms with Gasteiger partial charge in [-0.2, -0.15) is 0 Å². The molecular weight excluding hydrogens is 396 g/mol. The van der Waals surface area contributed by atoms with Crippen LogP contribution in [0.3, 0.4) is 0 Å². The van der Waals surface area contributed by atoms with Crippen molar-refractivity contribution in [2.24, 2.45) is 5.92 Å². The molecule has 1 atom stereocenters. The van der Waals surface area contributed by atoms with Crippen LogP contribution in [0.1, 0.15) is 31.4 Å². The third-order valence-electron chi connectivity index (χ3n) is 4.91. The van der Waals surface area contributed by atoms with Crippen LogP contribution in [0.15, 0.2) is 48.5 Å². The number of anilines is 1. The van der Waals surface area contributed by atoms with Gasteiger partial charge in [-0.25, -0.2) is 0 Å². The Balaban J connectivity index is 1.66. The van der Waals surface area contributed by atoms with E-state index in [1.807, 2.05) is 57.2 Å². The fourth-order valence-electron chi connectivity index (χ4n) is 3.35. The number of carbonyl (C=O) groups is 3. The summed E-state index contributed by atoms with van der Waals surface area (Å²) in [5.74, 6) is -0.631. The van der Waals surface area contributed by atoms with Crippen molar-refractivity contribution in [3.63, 3.8) is 0 Å². The molecule has 2 aromatic rings. The number of rotatable bonds is 8. The van der Waals surface area contributed by atoms with E-state index in [1.54, 1.807) is 12.1 Å². The van der Waals surface area contributed by atoms with E-state index in [0.29, 0.717) is 24.4 Å². The number of hydrogen-bond donors (Lipinski definition) is 1. The summed E-state index contributed by atoms with van der Waals surface area (Å²) >= 11 is 0. The average Bonchev–Trinajstić information content (AvgIpc) is 2.74. The van der Waals surface area contributed by atoms with Crippen LogP contribution in [0.5, 0.6) is 5.75 Å². The number of aryl methyl sites for hydroxylation is 1. The number of hydrogen-bond acceptors (Lipinski definition) is 5. The second-order valence-corrected chi connectivity index (χ2v) is 8.05. The zero-order valence-electron chi connectivity index (χ0n) is 18.1. The van der Waals surface area contributed by atoms with Crippen molar-refractivity contribution in [1.29, 1.82) is 0 Å². The molecule has 3 rings (SSSR count). The van der Waals surface area contributed by atoms with Crippen LogP contribution in [-0.2, 0) is 25.7 Å². The Bertz CT molecular complexity index is 942. The number of nitrogens with zero attached hydrogens (tertiary/aromatic N) is 1. The van der Waals surface area contributed by atoms with Crippen molar-refractivity contribution in [1.82, 2.24) is 5.32 Å². The van der Waals surface area contributed by atoms with E-state index in [0.717, 1.165) is 11.1 Å². The molecule has 1 aliphatic heterocycles. The van der Waals surface area contributed by atoms with E-state index in [-0.39, 0.29) is 30.9 Å². The normalized spacial score (nSPS) is 13.9. The van der Waals surface area contributed by atoms with E-state index >= 15 is 0 Å². The third kappa shape index (κ3) is 6.07. The Morgan fingerprint density at radius 2 is 1.90 bits per heavy atom. The monoisotopic (exact) mass is 424 g/mol. The van der Waals surface area contributed by atoms with Crippen molar-refractivity contribution in [3.05, 3.63) is 59.7 Å². The number of carbonyl (C=O) groups excluding carboxylic acids is 3. The molecule has 0 spiro atoms. The molecule has 0 aromatic heterocycles. The van der Waals surface area contributed by atoms with Crippen LogP contribution >= 0.6 is 0 Å². The number of esters is 1. The minimum atomic E-state index is -0.927. The quantitative estimate of drug-likeness (QED) is 0.659. The van der Waals surface area contributed by atoms with Gasteiger partial charge in [0.05, 0.1) is 5.69 Å². The maximum Gasteiger partial charge on any atom is 0.326 e. The average molecular weight is 424 g/mol. The highest BCUT2D eigenvalue weighted by atomic mass is 16.5. The zero-order chi connectivity index (χ0) is 22.4. The van der Waals surface area contributed by atoms with Gasteiger partial charge in [-0.1, -0.05) is 50.2 Å². The van der Waals surface area contributed by atoms with E-state index in [4.69, 9.17) is 9.47 Å². The van der Waals surface area contributed by atoms with Crippen LogP contribution in [-0.4, -0.2) is 37.0 Å². The molecule has 1 heterocycles. The second kappa shape index (κ2) is 10.1. The van der Waals surface area contributed by atoms with Crippen LogP contribution in [0, 0.1) is 12.8 Å². The van der Waals surface area contributed by atoms with Crippen LogP contribution in [0.2, 0.25) is 0 Å². The van der Waals surface area contributed by atoms with Gasteiger partial charge in [-0.15, -0.1) is 0 Å². The first kappa shape index (κ1) is 22.3. The van der Waals surface area contributed by atoms with Gasteiger partial charge in [-0.3, -0.25) is 19.3 Å². The van der Waals surface area contributed by atoms with Crippen LogP contribution in [0.25, 0.3) is 0 Å². The van der Waals surface area contributed by atoms with Crippen LogP contribution < -0.4 is 15.0 Å². The summed E-state index contributed by atoms with van der Waals surface area (Å²) in [6.07, 6.45) is -0.539. The molecule has 2 amide bonds. The highest BCUT2D eigenvalue weighted by Gasteiger charge is 2.30. The molecule has 2 aromatic carbocycles. The van der Waals surface area contributed by atoms with E-state index in [2.05, 4.69) is 5.32 Å². The van der Waals surface area contributed by atoms with Gasteiger partial charge in [0.25, 0.3) is 11.8 Å². The Labute approximate surface area is 182 Å². The lowest BCUT2D eigenvalue weighted by Gasteiger charge is -2.29. The summed E-state index contributed by atoms with van der Waals surface area (Å²) in [6, 6.07) is 15.0. The molecule has 164 valence electrons. The zero-order valence-corrected chi connectivity index (χ0v) is 18.1. The molecule has 1 aliphatic rings. The second-order valence-electron chi connectivity index (χ2n) is 8.05. The van der Waals surface area contributed by atoms with Crippen LogP contribution in [0.4, 0.5) is 5.69 Å². The lowest BCUT2D eigenvalue weighted by molar-refractivity contribution is -0.156. The summed E-state index contributed by atoms with van der Waals surface area (Å²) in [4.78, 5) is 39.1. The molecule has 0 saturated carbocycles. The van der Waals surface area contributed by atoms with Crippen molar-refractivity contribution in [3.8, 4) is 5.75 Å². The van der Waals surface area contributed by atoms with Gasteiger partial charge in [0.15, 0.2) is 12.7 Å². The maximum absolute atomic E-state index is 12.7. The Kier molecular flexibility index (Phi) is 7.28. The van der Waals surface area contributed by atoms with Gasteiger partial charge in [0.2, 0.25) is 0 Å². The molecule has 0 bridgehead atoms. The van der Waals surface area contributed by atoms with E-state index in [1.165, 1.54) is 4.90 Å². The lowest BCUT2D eigenvalue weighted by atomic mass is 10.1. The number of ether oxygens (including phenoxy) is 2. The van der Waals surface area contributed by atoms with Gasteiger partial charge in [0, 0.05) is 6.54 Å². The van der Waals surface area contributed by atoms with Gasteiger partial charge >= 0.3 is 5.97 Å². The summed E-state index contributed by atoms with van der Waals surface area (Å²) in [5, 5.41) is 2.83. The molecular formula is C24H28N2O5. The first-order valence-electron chi connectivity index (χ1n) is 10.4. The van der Waals surface area contributed by atoms with Crippen molar-refractivity contribution in [2.75, 3.05) is 18.1 Å². The lowest BCUT2D eigenvalue weighted by Crippen LogP contribution is -2.45. The maximum atomic E-state index is 12.7. The summed E-state index contributed by atoms with van der Waals surface area (Å²) in [7, 11) is 0. The molecule has 7 heteroatoms. The first-order valence-corrected chi connectivity index (χ1v) is 10.4. The Hall–Kier alpha value is -3.35. The fraction of sp³-hybridized carbons (Fsp3) is 0.375. The predicted molar refractivity (Wildman–Crippen MR) is 117 cm³/mol. The number of fused-ring (bicyclic) bond motifs is 1. The molecule has 0 unspecified atom stereocenters. The first-order chi connectivity index (χ1) is 14.8. The molecule has 0 saturated heterocycles.